The Kier molecular flexibility index (Phi) is 5.03. The minimum atomic E-state index is -3.42. The summed E-state index contributed by atoms with van der Waals surface area (Å²) in [7, 11) is -3.42. The molecule has 1 aliphatic heterocycles. The van der Waals surface area contributed by atoms with Gasteiger partial charge in [-0.15, -0.1) is 0 Å². The van der Waals surface area contributed by atoms with Crippen molar-refractivity contribution in [2.45, 2.75) is 24.7 Å². The third-order valence-electron chi connectivity index (χ3n) is 4.06. The molecule has 0 bridgehead atoms. The number of benzene rings is 2. The molecule has 0 fully saturated rings. The largest absolute Gasteiger partial charge is 0.506 e. The Morgan fingerprint density at radius 3 is 2.69 bits per heavy atom. The summed E-state index contributed by atoms with van der Waals surface area (Å²) in [6.45, 7) is 1.72. The maximum absolute atomic E-state index is 12.2. The number of ether oxygens (including phenoxy) is 2. The molecule has 26 heavy (non-hydrogen) atoms. The second kappa shape index (κ2) is 7.25. The molecule has 2 aromatic rings. The van der Waals surface area contributed by atoms with E-state index in [0.29, 0.717) is 17.9 Å². The summed E-state index contributed by atoms with van der Waals surface area (Å²) in [5.41, 5.74) is 0.992. The fraction of sp³-hybridized carbons (Fsp3) is 0.278. The average Bonchev–Trinajstić information content (AvgIpc) is 3.09. The van der Waals surface area contributed by atoms with Crippen LogP contribution < -0.4 is 14.8 Å². The summed E-state index contributed by atoms with van der Waals surface area (Å²) < 4.78 is 34.4. The zero-order valence-corrected chi connectivity index (χ0v) is 15.0. The number of carbonyl (C=O) groups is 1. The van der Waals surface area contributed by atoms with Gasteiger partial charge in [-0.05, 0) is 42.3 Å². The number of hydrogen-bond acceptors (Lipinski definition) is 6. The molecule has 1 amide bonds. The van der Waals surface area contributed by atoms with Gasteiger partial charge in [0.2, 0.25) is 12.7 Å². The summed E-state index contributed by atoms with van der Waals surface area (Å²) in [5, 5.41) is 12.4. The first-order valence-electron chi connectivity index (χ1n) is 8.13. The molecule has 1 heterocycles. The topological polar surface area (TPSA) is 102 Å². The lowest BCUT2D eigenvalue weighted by Gasteiger charge is -2.10. The first-order valence-corrected chi connectivity index (χ1v) is 9.78. The van der Waals surface area contributed by atoms with Crippen molar-refractivity contribution in [3.05, 3.63) is 42.0 Å². The molecular formula is C18H19NO6S. The van der Waals surface area contributed by atoms with E-state index in [0.717, 1.165) is 5.56 Å². The maximum atomic E-state index is 12.2. The number of phenols is 1. The van der Waals surface area contributed by atoms with Crippen molar-refractivity contribution in [1.29, 1.82) is 0 Å². The Bertz CT molecular complexity index is 939. The maximum Gasteiger partial charge on any atom is 0.231 e. The highest BCUT2D eigenvalue weighted by atomic mass is 32.2. The predicted molar refractivity (Wildman–Crippen MR) is 95.3 cm³/mol. The average molecular weight is 377 g/mol. The van der Waals surface area contributed by atoms with Crippen LogP contribution in [0.4, 0.5) is 5.69 Å². The lowest BCUT2D eigenvalue weighted by atomic mass is 10.1. The van der Waals surface area contributed by atoms with Crippen LogP contribution in [0, 0.1) is 0 Å². The number of phenolic OH excluding ortho intramolecular Hbond substituents is 1. The van der Waals surface area contributed by atoms with Crippen LogP contribution in [0.25, 0.3) is 0 Å². The molecule has 0 saturated heterocycles. The summed E-state index contributed by atoms with van der Waals surface area (Å²) in [5.74, 6) is 0.755. The number of rotatable bonds is 6. The monoisotopic (exact) mass is 377 g/mol. The van der Waals surface area contributed by atoms with Crippen LogP contribution in [0.2, 0.25) is 0 Å². The molecule has 0 aromatic heterocycles. The van der Waals surface area contributed by atoms with Crippen LogP contribution in [0.5, 0.6) is 17.2 Å². The summed E-state index contributed by atoms with van der Waals surface area (Å²) in [4.78, 5) is 12.2. The van der Waals surface area contributed by atoms with E-state index in [-0.39, 0.29) is 41.2 Å². The number of amides is 1. The van der Waals surface area contributed by atoms with Crippen molar-refractivity contribution in [2.24, 2.45) is 0 Å². The van der Waals surface area contributed by atoms with Gasteiger partial charge in [0.05, 0.1) is 16.3 Å². The minimum Gasteiger partial charge on any atom is -0.506 e. The highest BCUT2D eigenvalue weighted by Crippen LogP contribution is 2.33. The second-order valence-corrected chi connectivity index (χ2v) is 8.10. The fourth-order valence-electron chi connectivity index (χ4n) is 2.54. The Morgan fingerprint density at radius 1 is 1.15 bits per heavy atom. The van der Waals surface area contributed by atoms with Gasteiger partial charge in [0.1, 0.15) is 5.75 Å². The van der Waals surface area contributed by atoms with Gasteiger partial charge in [0.25, 0.3) is 0 Å². The Morgan fingerprint density at radius 2 is 1.92 bits per heavy atom. The van der Waals surface area contributed by atoms with E-state index < -0.39 is 9.84 Å². The van der Waals surface area contributed by atoms with Gasteiger partial charge in [-0.2, -0.15) is 0 Å². The summed E-state index contributed by atoms with van der Waals surface area (Å²) in [6.07, 6.45) is 0.639. The van der Waals surface area contributed by atoms with E-state index in [1.165, 1.54) is 25.1 Å². The molecule has 2 N–H and O–H groups in total. The molecular weight excluding hydrogens is 358 g/mol. The highest BCUT2D eigenvalue weighted by Gasteiger charge is 2.16. The van der Waals surface area contributed by atoms with Crippen molar-refractivity contribution in [3.63, 3.8) is 0 Å². The first kappa shape index (κ1) is 18.1. The fourth-order valence-corrected chi connectivity index (χ4v) is 3.45. The Labute approximate surface area is 151 Å². The number of nitrogens with one attached hydrogen (secondary N) is 1. The molecule has 8 heteroatoms. The van der Waals surface area contributed by atoms with Gasteiger partial charge in [-0.3, -0.25) is 4.79 Å². The van der Waals surface area contributed by atoms with E-state index in [2.05, 4.69) is 5.32 Å². The van der Waals surface area contributed by atoms with Crippen molar-refractivity contribution >= 4 is 21.4 Å². The van der Waals surface area contributed by atoms with Crippen molar-refractivity contribution in [3.8, 4) is 17.2 Å². The molecule has 0 atom stereocenters. The van der Waals surface area contributed by atoms with Crippen LogP contribution in [0.1, 0.15) is 18.9 Å². The molecule has 138 valence electrons. The number of aryl methyl sites for hydroxylation is 1. The molecule has 1 aliphatic rings. The number of aromatic hydroxyl groups is 1. The van der Waals surface area contributed by atoms with Gasteiger partial charge < -0.3 is 19.9 Å². The molecule has 0 aliphatic carbocycles. The molecule has 0 unspecified atom stereocenters. The zero-order valence-electron chi connectivity index (χ0n) is 14.2. The summed E-state index contributed by atoms with van der Waals surface area (Å²) in [6, 6.07) is 9.31. The van der Waals surface area contributed by atoms with Crippen LogP contribution in [-0.4, -0.2) is 32.0 Å². The number of hydrogen-bond donors (Lipinski definition) is 2. The smallest absolute Gasteiger partial charge is 0.231 e. The molecule has 3 rings (SSSR count). The van der Waals surface area contributed by atoms with Crippen molar-refractivity contribution in [1.82, 2.24) is 0 Å². The predicted octanol–water partition coefficient (Wildman–Crippen LogP) is 2.49. The van der Waals surface area contributed by atoms with Gasteiger partial charge in [0, 0.05) is 6.42 Å². The van der Waals surface area contributed by atoms with Crippen molar-refractivity contribution < 1.29 is 27.8 Å². The normalized spacial score (nSPS) is 12.8. The Balaban J connectivity index is 1.65. The van der Waals surface area contributed by atoms with Crippen LogP contribution in [0.15, 0.2) is 41.3 Å². The number of fused-ring (bicyclic) bond motifs is 1. The van der Waals surface area contributed by atoms with Crippen LogP contribution in [0.3, 0.4) is 0 Å². The second-order valence-electron chi connectivity index (χ2n) is 5.82. The lowest BCUT2D eigenvalue weighted by molar-refractivity contribution is -0.116. The molecule has 0 spiro atoms. The number of carbonyl (C=O) groups excluding carboxylic acids is 1. The quantitative estimate of drug-likeness (QED) is 0.750. The minimum absolute atomic E-state index is 0.0591. The van der Waals surface area contributed by atoms with Crippen LogP contribution >= 0.6 is 0 Å². The van der Waals surface area contributed by atoms with E-state index in [9.17, 15) is 18.3 Å². The van der Waals surface area contributed by atoms with E-state index in [4.69, 9.17) is 9.47 Å². The third kappa shape index (κ3) is 3.91. The van der Waals surface area contributed by atoms with Gasteiger partial charge in [0.15, 0.2) is 21.3 Å². The Hall–Kier alpha value is -2.74. The van der Waals surface area contributed by atoms with E-state index >= 15 is 0 Å². The molecule has 2 aromatic carbocycles. The lowest BCUT2D eigenvalue weighted by Crippen LogP contribution is -2.13. The first-order chi connectivity index (χ1) is 12.4. The molecule has 0 saturated carbocycles. The third-order valence-corrected chi connectivity index (χ3v) is 5.79. The molecule has 0 radical (unpaired) electrons. The van der Waals surface area contributed by atoms with Gasteiger partial charge >= 0.3 is 0 Å². The SMILES string of the molecule is CCS(=O)(=O)c1ccc(O)c(NC(=O)CCc2ccc3c(c2)OCO3)c1. The highest BCUT2D eigenvalue weighted by molar-refractivity contribution is 7.91. The van der Waals surface area contributed by atoms with E-state index in [1.807, 2.05) is 12.1 Å². The van der Waals surface area contributed by atoms with Gasteiger partial charge in [-0.1, -0.05) is 13.0 Å². The van der Waals surface area contributed by atoms with Crippen molar-refractivity contribution in [2.75, 3.05) is 17.9 Å². The number of anilines is 1. The van der Waals surface area contributed by atoms with Crippen LogP contribution in [-0.2, 0) is 21.1 Å². The van der Waals surface area contributed by atoms with Gasteiger partial charge in [-0.25, -0.2) is 8.42 Å². The molecule has 7 nitrogen and oxygen atoms in total. The number of sulfone groups is 1. The standard InChI is InChI=1S/C18H19NO6S/c1-2-26(22,23)13-5-6-15(20)14(10-13)19-18(21)8-4-12-3-7-16-17(9-12)25-11-24-16/h3,5-7,9-10,20H,2,4,8,11H2,1H3,(H,19,21). The van der Waals surface area contributed by atoms with E-state index in [1.54, 1.807) is 6.07 Å². The summed E-state index contributed by atoms with van der Waals surface area (Å²) >= 11 is 0. The zero-order chi connectivity index (χ0) is 18.7.